The number of amides is 1. The van der Waals surface area contributed by atoms with E-state index in [-0.39, 0.29) is 24.8 Å². The van der Waals surface area contributed by atoms with E-state index < -0.39 is 44.0 Å². The van der Waals surface area contributed by atoms with Gasteiger partial charge < -0.3 is 24.6 Å². The number of anilines is 1. The van der Waals surface area contributed by atoms with E-state index in [0.717, 1.165) is 4.90 Å². The van der Waals surface area contributed by atoms with Gasteiger partial charge in [0.25, 0.3) is 12.3 Å². The summed E-state index contributed by atoms with van der Waals surface area (Å²) in [5, 5.41) is 15.9. The number of nitrogens with zero attached hydrogens (tertiary/aromatic N) is 6. The number of aliphatic hydroxyl groups excluding tert-OH is 1. The van der Waals surface area contributed by atoms with E-state index in [9.17, 15) is 22.4 Å². The summed E-state index contributed by atoms with van der Waals surface area (Å²) in [7, 11) is 1.39. The fourth-order valence-electron chi connectivity index (χ4n) is 4.53. The van der Waals surface area contributed by atoms with Gasteiger partial charge in [0.05, 0.1) is 43.6 Å². The summed E-state index contributed by atoms with van der Waals surface area (Å²) in [6, 6.07) is 5.62. The Kier molecular flexibility index (Phi) is 6.35. The number of hydrogen-bond acceptors (Lipinski definition) is 7. The van der Waals surface area contributed by atoms with Crippen LogP contribution < -0.4 is 10.1 Å². The van der Waals surface area contributed by atoms with Crippen molar-refractivity contribution in [2.24, 2.45) is 0 Å². The maximum Gasteiger partial charge on any atom is 0.285 e. The molecule has 10 nitrogen and oxygen atoms in total. The minimum absolute atomic E-state index is 0.0459. The third-order valence-corrected chi connectivity index (χ3v) is 6.33. The highest BCUT2D eigenvalue weighted by Crippen LogP contribution is 2.34. The van der Waals surface area contributed by atoms with E-state index in [0.29, 0.717) is 27.7 Å². The molecule has 0 saturated carbocycles. The van der Waals surface area contributed by atoms with Crippen LogP contribution in [0.2, 0.25) is 0 Å². The quantitative estimate of drug-likeness (QED) is 0.360. The molecule has 4 aromatic rings. The highest BCUT2D eigenvalue weighted by molar-refractivity contribution is 5.89. The molecule has 0 spiro atoms. The maximum atomic E-state index is 14.8. The number of alkyl halides is 4. The monoisotopic (exact) mass is 521 g/mol. The fraction of sp³-hybridized carbons (Fsp3) is 0.391. The van der Waals surface area contributed by atoms with Gasteiger partial charge in [0, 0.05) is 18.3 Å². The predicted molar refractivity (Wildman–Crippen MR) is 125 cm³/mol. The van der Waals surface area contributed by atoms with E-state index in [2.05, 4.69) is 20.4 Å². The number of carbonyl (C=O) groups excluding carboxylic acids is 1. The Labute approximate surface area is 207 Å². The van der Waals surface area contributed by atoms with Crippen LogP contribution >= 0.6 is 0 Å². The van der Waals surface area contributed by atoms with Gasteiger partial charge >= 0.3 is 0 Å². The van der Waals surface area contributed by atoms with Crippen molar-refractivity contribution in [1.29, 1.82) is 0 Å². The van der Waals surface area contributed by atoms with Gasteiger partial charge in [0.2, 0.25) is 17.7 Å². The lowest BCUT2D eigenvalue weighted by atomic mass is 10.0. The number of nitrogens with one attached hydrogen (secondary N) is 1. The average molecular weight is 521 g/mol. The van der Waals surface area contributed by atoms with Crippen LogP contribution in [0, 0.1) is 0 Å². The first-order valence-electron chi connectivity index (χ1n) is 11.4. The molecule has 4 heterocycles. The van der Waals surface area contributed by atoms with E-state index in [1.807, 2.05) is 0 Å². The number of ether oxygens (including phenoxy) is 1. The molecule has 5 rings (SSSR count). The van der Waals surface area contributed by atoms with Crippen molar-refractivity contribution in [2.75, 3.05) is 32.1 Å². The first-order valence-corrected chi connectivity index (χ1v) is 11.4. The van der Waals surface area contributed by atoms with Gasteiger partial charge in [-0.3, -0.25) is 4.79 Å². The lowest BCUT2D eigenvalue weighted by Gasteiger charge is -2.38. The molecule has 1 amide bonds. The van der Waals surface area contributed by atoms with E-state index in [1.54, 1.807) is 30.5 Å². The Balaban J connectivity index is 1.46. The molecule has 1 fully saturated rings. The molecule has 0 aliphatic carbocycles. The van der Waals surface area contributed by atoms with Crippen molar-refractivity contribution in [3.05, 3.63) is 36.8 Å². The summed E-state index contributed by atoms with van der Waals surface area (Å²) in [6.07, 6.45) is 0.359. The first kappa shape index (κ1) is 24.7. The zero-order chi connectivity index (χ0) is 26.3. The molecule has 2 N–H and O–H groups in total. The average Bonchev–Trinajstić information content (AvgIpc) is 3.47. The second-order valence-corrected chi connectivity index (χ2v) is 8.68. The number of imidazole rings is 1. The molecule has 1 atom stereocenters. The molecular formula is C23H23F4N7O3. The number of likely N-dealkylation sites (tertiary alicyclic amines) is 1. The van der Waals surface area contributed by atoms with Crippen LogP contribution in [0.1, 0.15) is 6.42 Å². The van der Waals surface area contributed by atoms with Crippen LogP contribution in [0.3, 0.4) is 0 Å². The number of aliphatic hydroxyl groups is 1. The van der Waals surface area contributed by atoms with Gasteiger partial charge in [0.15, 0.2) is 0 Å². The van der Waals surface area contributed by atoms with Crippen LogP contribution in [-0.4, -0.2) is 85.3 Å². The lowest BCUT2D eigenvalue weighted by Crippen LogP contribution is -2.56. The molecule has 0 unspecified atom stereocenters. The number of carbonyl (C=O) groups is 1. The van der Waals surface area contributed by atoms with Crippen LogP contribution in [0.5, 0.6) is 5.88 Å². The van der Waals surface area contributed by atoms with Crippen molar-refractivity contribution in [2.45, 2.75) is 31.4 Å². The van der Waals surface area contributed by atoms with E-state index in [4.69, 9.17) is 9.84 Å². The van der Waals surface area contributed by atoms with E-state index >= 15 is 0 Å². The van der Waals surface area contributed by atoms with Crippen molar-refractivity contribution < 1.29 is 32.2 Å². The minimum atomic E-state index is -3.28. The van der Waals surface area contributed by atoms with Crippen LogP contribution in [0.25, 0.3) is 27.7 Å². The van der Waals surface area contributed by atoms with Gasteiger partial charge in [-0.2, -0.15) is 4.98 Å². The summed E-state index contributed by atoms with van der Waals surface area (Å²) < 4.78 is 63.7. The molecule has 3 aromatic heterocycles. The topological polar surface area (TPSA) is 110 Å². The predicted octanol–water partition coefficient (Wildman–Crippen LogP) is 2.66. The zero-order valence-corrected chi connectivity index (χ0v) is 19.6. The summed E-state index contributed by atoms with van der Waals surface area (Å²) in [5.41, 5.74) is 2.89. The van der Waals surface area contributed by atoms with Crippen molar-refractivity contribution >= 4 is 28.4 Å². The zero-order valence-electron chi connectivity index (χ0n) is 19.6. The number of piperidine rings is 1. The molecule has 14 heteroatoms. The number of halogens is 4. The Morgan fingerprint density at radius 3 is 2.84 bits per heavy atom. The molecular weight excluding hydrogens is 498 g/mol. The molecule has 1 aliphatic rings. The lowest BCUT2D eigenvalue weighted by molar-refractivity contribution is -0.145. The van der Waals surface area contributed by atoms with Crippen molar-refractivity contribution in [1.82, 2.24) is 29.0 Å². The van der Waals surface area contributed by atoms with Gasteiger partial charge in [-0.1, -0.05) is 6.07 Å². The molecule has 0 bridgehead atoms. The number of aromatic nitrogens is 5. The highest BCUT2D eigenvalue weighted by Gasteiger charge is 2.46. The van der Waals surface area contributed by atoms with Crippen LogP contribution in [-0.2, 0) is 11.3 Å². The number of benzene rings is 1. The Morgan fingerprint density at radius 2 is 2.14 bits per heavy atom. The second kappa shape index (κ2) is 9.50. The summed E-state index contributed by atoms with van der Waals surface area (Å²) >= 11 is 0. The molecule has 196 valence electrons. The van der Waals surface area contributed by atoms with Gasteiger partial charge in [-0.05, 0) is 30.2 Å². The van der Waals surface area contributed by atoms with Crippen molar-refractivity contribution in [3.8, 4) is 17.0 Å². The third-order valence-electron chi connectivity index (χ3n) is 6.33. The smallest absolute Gasteiger partial charge is 0.285 e. The second-order valence-electron chi connectivity index (χ2n) is 8.68. The summed E-state index contributed by atoms with van der Waals surface area (Å²) in [5.74, 6) is -4.01. The molecule has 37 heavy (non-hydrogen) atoms. The number of rotatable bonds is 7. The van der Waals surface area contributed by atoms with Crippen LogP contribution in [0.15, 0.2) is 36.8 Å². The number of fused-ring (bicyclic) bond motifs is 2. The van der Waals surface area contributed by atoms with Gasteiger partial charge in [0.1, 0.15) is 12.1 Å². The van der Waals surface area contributed by atoms with Crippen LogP contribution in [0.4, 0.5) is 23.5 Å². The normalized spacial score (nSPS) is 17.6. The largest absolute Gasteiger partial charge is 0.479 e. The molecule has 1 aliphatic heterocycles. The minimum Gasteiger partial charge on any atom is -0.479 e. The Hall–Kier alpha value is -3.94. The first-order chi connectivity index (χ1) is 17.7. The SMILES string of the molecule is COc1nc(N[C@@H]2CCN(C(=O)CO)CC2(F)F)nn2ccc(-c3ccc4ncn(CC(F)F)c4c3)c12. The summed E-state index contributed by atoms with van der Waals surface area (Å²) in [6.45, 7) is -2.11. The fourth-order valence-corrected chi connectivity index (χ4v) is 4.53. The Bertz CT molecular complexity index is 1460. The maximum absolute atomic E-state index is 14.8. The Morgan fingerprint density at radius 1 is 1.32 bits per heavy atom. The standard InChI is InChI=1S/C23H23F4N7O3/c1-37-21-20-14(13-2-3-15-16(8-13)33(12-28-15)9-18(24)25)4-7-34(20)31-22(30-21)29-17-5-6-32(19(36)10-35)11-23(17,26)27/h2-4,7-8,12,17-18,35H,5-6,9-11H2,1H3,(H,29,31)/t17-/m1/s1. The summed E-state index contributed by atoms with van der Waals surface area (Å²) in [4.78, 5) is 21.0. The number of hydrogen-bond donors (Lipinski definition) is 2. The van der Waals surface area contributed by atoms with Gasteiger partial charge in [-0.15, -0.1) is 5.10 Å². The van der Waals surface area contributed by atoms with Gasteiger partial charge in [-0.25, -0.2) is 27.1 Å². The molecule has 0 radical (unpaired) electrons. The third kappa shape index (κ3) is 4.63. The number of methoxy groups -OCH3 is 1. The van der Waals surface area contributed by atoms with E-state index in [1.165, 1.54) is 22.5 Å². The van der Waals surface area contributed by atoms with Crippen molar-refractivity contribution in [3.63, 3.8) is 0 Å². The molecule has 1 aromatic carbocycles. The highest BCUT2D eigenvalue weighted by atomic mass is 19.3. The molecule has 1 saturated heterocycles.